The van der Waals surface area contributed by atoms with Crippen LogP contribution in [0.1, 0.15) is 37.8 Å². The van der Waals surface area contributed by atoms with E-state index in [9.17, 15) is 9.59 Å². The van der Waals surface area contributed by atoms with E-state index >= 15 is 0 Å². The second-order valence-corrected chi connectivity index (χ2v) is 6.12. The summed E-state index contributed by atoms with van der Waals surface area (Å²) in [7, 11) is 0. The van der Waals surface area contributed by atoms with Gasteiger partial charge in [-0.2, -0.15) is 0 Å². The molecular formula is C18H22N2O4. The Kier molecular flexibility index (Phi) is 5.03. The zero-order chi connectivity index (χ0) is 16.9. The maximum atomic E-state index is 12.4. The summed E-state index contributed by atoms with van der Waals surface area (Å²) in [5, 5.41) is 5.87. The molecule has 6 heteroatoms. The second kappa shape index (κ2) is 7.38. The summed E-state index contributed by atoms with van der Waals surface area (Å²) < 4.78 is 10.8. The third-order valence-electron chi connectivity index (χ3n) is 4.23. The minimum absolute atomic E-state index is 0.0914. The maximum absolute atomic E-state index is 12.4. The van der Waals surface area contributed by atoms with Crippen molar-refractivity contribution in [1.82, 2.24) is 10.6 Å². The van der Waals surface area contributed by atoms with Crippen molar-refractivity contribution in [2.24, 2.45) is 5.92 Å². The molecule has 2 aliphatic heterocycles. The van der Waals surface area contributed by atoms with Crippen LogP contribution in [-0.4, -0.2) is 25.2 Å². The molecule has 24 heavy (non-hydrogen) atoms. The Morgan fingerprint density at radius 1 is 1.12 bits per heavy atom. The molecule has 2 aliphatic rings. The van der Waals surface area contributed by atoms with Crippen molar-refractivity contribution in [2.75, 3.05) is 13.3 Å². The number of carbonyl (C=O) groups excluding carboxylic acids is 2. The molecule has 0 fully saturated rings. The van der Waals surface area contributed by atoms with Gasteiger partial charge in [0.25, 0.3) is 0 Å². The molecule has 1 aromatic rings. The summed E-state index contributed by atoms with van der Waals surface area (Å²) in [5.41, 5.74) is 0.964. The molecule has 0 saturated carbocycles. The minimum Gasteiger partial charge on any atom is -0.454 e. The van der Waals surface area contributed by atoms with Gasteiger partial charge >= 0.3 is 0 Å². The number of hydrogen-bond donors (Lipinski definition) is 2. The fourth-order valence-corrected chi connectivity index (χ4v) is 2.81. The summed E-state index contributed by atoms with van der Waals surface area (Å²) in [4.78, 5) is 24.2. The van der Waals surface area contributed by atoms with Crippen molar-refractivity contribution >= 4 is 11.8 Å². The average molecular weight is 330 g/mol. The van der Waals surface area contributed by atoms with Crippen LogP contribution in [0.15, 0.2) is 30.4 Å². The van der Waals surface area contributed by atoms with Gasteiger partial charge in [-0.25, -0.2) is 0 Å². The standard InChI is InChI=1S/C18H22N2O4/c1-12-9-17(21)19-8-4-2-3-5-14(20-18(12)22)13-6-7-15-16(10-13)24-11-23-15/h2-3,6-7,10,12,14H,4-5,8-9,11H2,1H3,(H,19,21)(H,20,22)/b3-2-/t12-,14-/m1/s1. The molecule has 128 valence electrons. The number of fused-ring (bicyclic) bond motifs is 1. The highest BCUT2D eigenvalue weighted by molar-refractivity contribution is 5.85. The summed E-state index contributed by atoms with van der Waals surface area (Å²) in [5.74, 6) is 0.834. The molecule has 0 radical (unpaired) electrons. The average Bonchev–Trinajstić information content (AvgIpc) is 3.03. The van der Waals surface area contributed by atoms with E-state index in [0.717, 1.165) is 17.7 Å². The van der Waals surface area contributed by atoms with Gasteiger partial charge in [0, 0.05) is 18.9 Å². The van der Waals surface area contributed by atoms with Crippen LogP contribution in [0.3, 0.4) is 0 Å². The molecule has 2 N–H and O–H groups in total. The molecule has 0 aliphatic carbocycles. The highest BCUT2D eigenvalue weighted by Crippen LogP contribution is 2.35. The van der Waals surface area contributed by atoms with Crippen LogP contribution in [0.25, 0.3) is 0 Å². The fraction of sp³-hybridized carbons (Fsp3) is 0.444. The van der Waals surface area contributed by atoms with E-state index in [0.29, 0.717) is 18.7 Å². The maximum Gasteiger partial charge on any atom is 0.231 e. The first-order valence-corrected chi connectivity index (χ1v) is 8.25. The number of nitrogens with one attached hydrogen (secondary N) is 2. The van der Waals surface area contributed by atoms with Crippen LogP contribution in [0.2, 0.25) is 0 Å². The lowest BCUT2D eigenvalue weighted by Crippen LogP contribution is -2.36. The van der Waals surface area contributed by atoms with E-state index in [1.54, 1.807) is 6.92 Å². The van der Waals surface area contributed by atoms with E-state index in [2.05, 4.69) is 10.6 Å². The van der Waals surface area contributed by atoms with Gasteiger partial charge in [0.05, 0.1) is 6.04 Å². The molecule has 0 bridgehead atoms. The van der Waals surface area contributed by atoms with Crippen LogP contribution < -0.4 is 20.1 Å². The summed E-state index contributed by atoms with van der Waals surface area (Å²) >= 11 is 0. The molecule has 2 amide bonds. The zero-order valence-corrected chi connectivity index (χ0v) is 13.7. The molecule has 2 heterocycles. The quantitative estimate of drug-likeness (QED) is 0.773. The first-order valence-electron chi connectivity index (χ1n) is 8.25. The van der Waals surface area contributed by atoms with Crippen molar-refractivity contribution in [3.05, 3.63) is 35.9 Å². The Morgan fingerprint density at radius 2 is 1.96 bits per heavy atom. The zero-order valence-electron chi connectivity index (χ0n) is 13.7. The van der Waals surface area contributed by atoms with E-state index < -0.39 is 0 Å². The van der Waals surface area contributed by atoms with Crippen molar-refractivity contribution < 1.29 is 19.1 Å². The van der Waals surface area contributed by atoms with Crippen LogP contribution in [0, 0.1) is 5.92 Å². The molecule has 0 spiro atoms. The first kappa shape index (κ1) is 16.4. The molecule has 0 unspecified atom stereocenters. The Bertz CT molecular complexity index is 656. The highest BCUT2D eigenvalue weighted by atomic mass is 16.7. The van der Waals surface area contributed by atoms with Gasteiger partial charge in [-0.05, 0) is 30.5 Å². The monoisotopic (exact) mass is 330 g/mol. The van der Waals surface area contributed by atoms with Gasteiger partial charge in [0.2, 0.25) is 18.6 Å². The Balaban J connectivity index is 1.80. The lowest BCUT2D eigenvalue weighted by atomic mass is 10.00. The SMILES string of the molecule is C[C@@H]1CC(=O)NCC/C=C\C[C@H](c2ccc3c(c2)OCO3)NC1=O. The van der Waals surface area contributed by atoms with Crippen LogP contribution >= 0.6 is 0 Å². The highest BCUT2D eigenvalue weighted by Gasteiger charge is 2.23. The second-order valence-electron chi connectivity index (χ2n) is 6.12. The van der Waals surface area contributed by atoms with Crippen LogP contribution in [0.5, 0.6) is 11.5 Å². The molecule has 1 aromatic carbocycles. The predicted octanol–water partition coefficient (Wildman–Crippen LogP) is 2.06. The minimum atomic E-state index is -0.370. The third-order valence-corrected chi connectivity index (χ3v) is 4.23. The van der Waals surface area contributed by atoms with Gasteiger partial charge < -0.3 is 20.1 Å². The van der Waals surface area contributed by atoms with Gasteiger partial charge in [-0.1, -0.05) is 25.1 Å². The summed E-state index contributed by atoms with van der Waals surface area (Å²) in [6.45, 7) is 2.59. The number of rotatable bonds is 1. The Morgan fingerprint density at radius 3 is 2.83 bits per heavy atom. The largest absolute Gasteiger partial charge is 0.454 e. The van der Waals surface area contributed by atoms with E-state index in [1.165, 1.54) is 0 Å². The summed E-state index contributed by atoms with van der Waals surface area (Å²) in [6.07, 6.45) is 5.72. The van der Waals surface area contributed by atoms with Gasteiger partial charge in [0.1, 0.15) is 0 Å². The molecule has 0 aromatic heterocycles. The van der Waals surface area contributed by atoms with Crippen molar-refractivity contribution in [1.29, 1.82) is 0 Å². The van der Waals surface area contributed by atoms with Crippen LogP contribution in [-0.2, 0) is 9.59 Å². The third kappa shape index (κ3) is 3.88. The first-order chi connectivity index (χ1) is 11.6. The van der Waals surface area contributed by atoms with Crippen molar-refractivity contribution in [3.63, 3.8) is 0 Å². The van der Waals surface area contributed by atoms with Gasteiger partial charge in [-0.15, -0.1) is 0 Å². The van der Waals surface area contributed by atoms with Gasteiger partial charge in [0.15, 0.2) is 11.5 Å². The number of carbonyl (C=O) groups is 2. The Hall–Kier alpha value is -2.50. The molecule has 6 nitrogen and oxygen atoms in total. The molecule has 2 atom stereocenters. The smallest absolute Gasteiger partial charge is 0.231 e. The number of amides is 2. The number of hydrogen-bond acceptors (Lipinski definition) is 4. The summed E-state index contributed by atoms with van der Waals surface area (Å²) in [6, 6.07) is 5.55. The topological polar surface area (TPSA) is 76.7 Å². The lowest BCUT2D eigenvalue weighted by Gasteiger charge is -2.21. The molecule has 0 saturated heterocycles. The Labute approximate surface area is 141 Å². The van der Waals surface area contributed by atoms with E-state index in [1.807, 2.05) is 30.4 Å². The normalized spacial score (nSPS) is 25.9. The molecule has 3 rings (SSSR count). The number of ether oxygens (including phenoxy) is 2. The number of benzene rings is 1. The van der Waals surface area contributed by atoms with E-state index in [4.69, 9.17) is 9.47 Å². The van der Waals surface area contributed by atoms with E-state index in [-0.39, 0.29) is 37.0 Å². The lowest BCUT2D eigenvalue weighted by molar-refractivity contribution is -0.130. The predicted molar refractivity (Wildman–Crippen MR) is 88.6 cm³/mol. The van der Waals surface area contributed by atoms with Crippen molar-refractivity contribution in [3.8, 4) is 11.5 Å². The van der Waals surface area contributed by atoms with Crippen molar-refractivity contribution in [2.45, 2.75) is 32.2 Å². The molecular weight excluding hydrogens is 308 g/mol. The fourth-order valence-electron chi connectivity index (χ4n) is 2.81. The van der Waals surface area contributed by atoms with Gasteiger partial charge in [-0.3, -0.25) is 9.59 Å². The van der Waals surface area contributed by atoms with Crippen LogP contribution in [0.4, 0.5) is 0 Å².